The quantitative estimate of drug-likeness (QED) is 0.808. The molecule has 1 fully saturated rings. The van der Waals surface area contributed by atoms with Crippen molar-refractivity contribution in [2.75, 3.05) is 32.2 Å². The highest BCUT2D eigenvalue weighted by Gasteiger charge is 2.22. The van der Waals surface area contributed by atoms with E-state index in [2.05, 4.69) is 17.0 Å². The number of carbonyl (C=O) groups excluding carboxylic acids is 1. The van der Waals surface area contributed by atoms with Gasteiger partial charge in [-0.2, -0.15) is 11.8 Å². The minimum absolute atomic E-state index is 0.302. The number of carbonyl (C=O) groups is 1. The van der Waals surface area contributed by atoms with Gasteiger partial charge >= 0.3 is 0 Å². The Balaban J connectivity index is 1.80. The Bertz CT molecular complexity index is 447. The van der Waals surface area contributed by atoms with Gasteiger partial charge in [-0.05, 0) is 55.6 Å². The first-order valence-corrected chi connectivity index (χ1v) is 9.02. The van der Waals surface area contributed by atoms with Crippen molar-refractivity contribution < 1.29 is 9.53 Å². The van der Waals surface area contributed by atoms with Crippen molar-refractivity contribution in [1.82, 2.24) is 4.90 Å². The molecule has 21 heavy (non-hydrogen) atoms. The first kappa shape index (κ1) is 16.2. The Hall–Kier alpha value is -1.16. The van der Waals surface area contributed by atoms with Gasteiger partial charge in [0.25, 0.3) is 0 Å². The first-order chi connectivity index (χ1) is 10.2. The standard InChI is InChI=1S/C17H25NO2S/c1-20-16-9-7-14(8-10-16)5-6-15-4-3-11-18(12-15)17(19)13-21-2/h7-10,15H,3-6,11-13H2,1-2H3/t15-/m1/s1. The molecule has 2 rings (SSSR count). The third-order valence-electron chi connectivity index (χ3n) is 4.14. The molecule has 116 valence electrons. The van der Waals surface area contributed by atoms with Crippen molar-refractivity contribution in [3.05, 3.63) is 29.8 Å². The van der Waals surface area contributed by atoms with Gasteiger partial charge in [0.05, 0.1) is 12.9 Å². The van der Waals surface area contributed by atoms with E-state index in [0.29, 0.717) is 17.6 Å². The van der Waals surface area contributed by atoms with Gasteiger partial charge in [0.2, 0.25) is 5.91 Å². The van der Waals surface area contributed by atoms with Crippen LogP contribution in [-0.4, -0.2) is 43.0 Å². The number of rotatable bonds is 6. The maximum Gasteiger partial charge on any atom is 0.232 e. The molecule has 1 aliphatic heterocycles. The smallest absolute Gasteiger partial charge is 0.232 e. The third kappa shape index (κ3) is 4.95. The third-order valence-corrected chi connectivity index (χ3v) is 4.68. The molecule has 1 saturated heterocycles. The van der Waals surface area contributed by atoms with Crippen molar-refractivity contribution in [2.45, 2.75) is 25.7 Å². The molecular weight excluding hydrogens is 282 g/mol. The van der Waals surface area contributed by atoms with Crippen molar-refractivity contribution in [1.29, 1.82) is 0 Å². The highest BCUT2D eigenvalue weighted by Crippen LogP contribution is 2.22. The molecule has 1 heterocycles. The molecule has 0 N–H and O–H groups in total. The predicted octanol–water partition coefficient (Wildman–Crippen LogP) is 3.23. The Kier molecular flexibility index (Phi) is 6.43. The van der Waals surface area contributed by atoms with E-state index in [1.54, 1.807) is 18.9 Å². The topological polar surface area (TPSA) is 29.5 Å². The number of piperidine rings is 1. The summed E-state index contributed by atoms with van der Waals surface area (Å²) in [6.07, 6.45) is 6.63. The van der Waals surface area contributed by atoms with Crippen LogP contribution in [0.4, 0.5) is 0 Å². The number of aryl methyl sites for hydroxylation is 1. The Morgan fingerprint density at radius 3 is 2.81 bits per heavy atom. The summed E-state index contributed by atoms with van der Waals surface area (Å²) in [5, 5.41) is 0. The highest BCUT2D eigenvalue weighted by atomic mass is 32.2. The molecule has 0 radical (unpaired) electrons. The summed E-state index contributed by atoms with van der Waals surface area (Å²) in [6, 6.07) is 8.31. The molecule has 1 aliphatic rings. The number of hydrogen-bond acceptors (Lipinski definition) is 3. The molecule has 1 aromatic rings. The highest BCUT2D eigenvalue weighted by molar-refractivity contribution is 7.99. The molecule has 4 heteroatoms. The van der Waals surface area contributed by atoms with E-state index in [9.17, 15) is 4.79 Å². The van der Waals surface area contributed by atoms with Gasteiger partial charge in [-0.25, -0.2) is 0 Å². The van der Waals surface area contributed by atoms with Crippen LogP contribution >= 0.6 is 11.8 Å². The van der Waals surface area contributed by atoms with E-state index in [1.807, 2.05) is 18.4 Å². The molecule has 0 aliphatic carbocycles. The number of ether oxygens (including phenoxy) is 1. The number of nitrogens with zero attached hydrogens (tertiary/aromatic N) is 1. The van der Waals surface area contributed by atoms with E-state index < -0.39 is 0 Å². The SMILES string of the molecule is COc1ccc(CC[C@H]2CCCN(C(=O)CSC)C2)cc1. The average molecular weight is 307 g/mol. The fraction of sp³-hybridized carbons (Fsp3) is 0.588. The van der Waals surface area contributed by atoms with Gasteiger partial charge in [-0.3, -0.25) is 4.79 Å². The molecule has 0 saturated carbocycles. The van der Waals surface area contributed by atoms with Crippen LogP contribution in [0.3, 0.4) is 0 Å². The molecule has 0 aromatic heterocycles. The normalized spacial score (nSPS) is 18.6. The van der Waals surface area contributed by atoms with E-state index >= 15 is 0 Å². The number of likely N-dealkylation sites (tertiary alicyclic amines) is 1. The fourth-order valence-electron chi connectivity index (χ4n) is 2.90. The van der Waals surface area contributed by atoms with Gasteiger partial charge in [0.15, 0.2) is 0 Å². The molecule has 0 unspecified atom stereocenters. The Morgan fingerprint density at radius 1 is 1.38 bits per heavy atom. The van der Waals surface area contributed by atoms with Crippen LogP contribution < -0.4 is 4.74 Å². The second-order valence-electron chi connectivity index (χ2n) is 5.67. The van der Waals surface area contributed by atoms with Crippen molar-refractivity contribution >= 4 is 17.7 Å². The summed E-state index contributed by atoms with van der Waals surface area (Å²) >= 11 is 1.62. The molecule has 3 nitrogen and oxygen atoms in total. The predicted molar refractivity (Wildman–Crippen MR) is 89.0 cm³/mol. The first-order valence-electron chi connectivity index (χ1n) is 7.62. The zero-order valence-corrected chi connectivity index (χ0v) is 13.8. The van der Waals surface area contributed by atoms with Gasteiger partial charge in [-0.1, -0.05) is 12.1 Å². The lowest BCUT2D eigenvalue weighted by atomic mass is 9.91. The van der Waals surface area contributed by atoms with E-state index in [0.717, 1.165) is 38.1 Å². The summed E-state index contributed by atoms with van der Waals surface area (Å²) in [7, 11) is 1.69. The van der Waals surface area contributed by atoms with E-state index in [4.69, 9.17) is 4.74 Å². The van der Waals surface area contributed by atoms with Crippen LogP contribution in [0.2, 0.25) is 0 Å². The summed E-state index contributed by atoms with van der Waals surface area (Å²) in [6.45, 7) is 1.88. The Morgan fingerprint density at radius 2 is 2.14 bits per heavy atom. The van der Waals surface area contributed by atoms with Crippen LogP contribution in [0.1, 0.15) is 24.8 Å². The maximum absolute atomic E-state index is 12.0. The van der Waals surface area contributed by atoms with Crippen LogP contribution in [0.5, 0.6) is 5.75 Å². The van der Waals surface area contributed by atoms with Crippen molar-refractivity contribution in [3.8, 4) is 5.75 Å². The van der Waals surface area contributed by atoms with Gasteiger partial charge in [0, 0.05) is 13.1 Å². The minimum Gasteiger partial charge on any atom is -0.497 e. The minimum atomic E-state index is 0.302. The lowest BCUT2D eigenvalue weighted by Gasteiger charge is -2.32. The summed E-state index contributed by atoms with van der Waals surface area (Å²) in [4.78, 5) is 14.0. The van der Waals surface area contributed by atoms with E-state index in [1.165, 1.54) is 12.0 Å². The number of hydrogen-bond donors (Lipinski definition) is 0. The maximum atomic E-state index is 12.0. The van der Waals surface area contributed by atoms with Crippen molar-refractivity contribution in [3.63, 3.8) is 0 Å². The Labute approximate surface area is 132 Å². The molecule has 1 atom stereocenters. The average Bonchev–Trinajstić information content (AvgIpc) is 2.54. The van der Waals surface area contributed by atoms with Crippen LogP contribution in [0, 0.1) is 5.92 Å². The molecule has 1 amide bonds. The van der Waals surface area contributed by atoms with Crippen LogP contribution in [-0.2, 0) is 11.2 Å². The van der Waals surface area contributed by atoms with Crippen LogP contribution in [0.15, 0.2) is 24.3 Å². The number of benzene rings is 1. The number of amides is 1. The van der Waals surface area contributed by atoms with Crippen LogP contribution in [0.25, 0.3) is 0 Å². The second kappa shape index (κ2) is 8.32. The zero-order valence-electron chi connectivity index (χ0n) is 13.0. The largest absolute Gasteiger partial charge is 0.497 e. The monoisotopic (exact) mass is 307 g/mol. The summed E-state index contributed by atoms with van der Waals surface area (Å²) in [5.41, 5.74) is 1.35. The van der Waals surface area contributed by atoms with Gasteiger partial charge in [-0.15, -0.1) is 0 Å². The number of thioether (sulfide) groups is 1. The molecule has 0 spiro atoms. The fourth-order valence-corrected chi connectivity index (χ4v) is 3.33. The van der Waals surface area contributed by atoms with E-state index in [-0.39, 0.29) is 0 Å². The summed E-state index contributed by atoms with van der Waals surface area (Å²) < 4.78 is 5.18. The lowest BCUT2D eigenvalue weighted by molar-refractivity contribution is -0.130. The second-order valence-corrected chi connectivity index (χ2v) is 6.53. The zero-order chi connectivity index (χ0) is 15.1. The number of methoxy groups -OCH3 is 1. The molecular formula is C17H25NO2S. The molecule has 0 bridgehead atoms. The summed E-state index contributed by atoms with van der Waals surface area (Å²) in [5.74, 6) is 2.47. The van der Waals surface area contributed by atoms with Crippen molar-refractivity contribution in [2.24, 2.45) is 5.92 Å². The molecule has 1 aromatic carbocycles. The van der Waals surface area contributed by atoms with Gasteiger partial charge < -0.3 is 9.64 Å². The van der Waals surface area contributed by atoms with Gasteiger partial charge in [0.1, 0.15) is 5.75 Å². The lowest BCUT2D eigenvalue weighted by Crippen LogP contribution is -2.40.